The van der Waals surface area contributed by atoms with Gasteiger partial charge in [0, 0.05) is 36.7 Å². The minimum Gasteiger partial charge on any atom is -0.392 e. The molecule has 0 unspecified atom stereocenters. The molecule has 2 saturated carbocycles. The van der Waals surface area contributed by atoms with E-state index in [2.05, 4.69) is 0 Å². The molecule has 6 atom stereocenters. The Hall–Kier alpha value is -0.780. The summed E-state index contributed by atoms with van der Waals surface area (Å²) >= 11 is 0. The number of rotatable bonds is 0. The number of hydrogen-bond acceptors (Lipinski definition) is 5. The largest absolute Gasteiger partial charge is 0.392 e. The molecule has 23 heavy (non-hydrogen) atoms. The lowest BCUT2D eigenvalue weighted by Crippen LogP contribution is -2.67. The first-order chi connectivity index (χ1) is 10.7. The molecule has 0 aromatic rings. The lowest BCUT2D eigenvalue weighted by Gasteiger charge is -2.59. The molecule has 0 aromatic carbocycles. The summed E-state index contributed by atoms with van der Waals surface area (Å²) in [5, 5.41) is 10.6. The van der Waals surface area contributed by atoms with Crippen LogP contribution in [0.2, 0.25) is 0 Å². The van der Waals surface area contributed by atoms with Gasteiger partial charge in [-0.25, -0.2) is 0 Å². The van der Waals surface area contributed by atoms with Crippen molar-refractivity contribution >= 4 is 11.6 Å². The number of aliphatic hydroxyl groups excluding tert-OH is 1. The molecule has 1 spiro atoms. The second-order valence-electron chi connectivity index (χ2n) is 8.56. The average molecular weight is 322 g/mol. The summed E-state index contributed by atoms with van der Waals surface area (Å²) in [6.07, 6.45) is 1.60. The van der Waals surface area contributed by atoms with Gasteiger partial charge >= 0.3 is 0 Å². The Morgan fingerprint density at radius 1 is 1.22 bits per heavy atom. The van der Waals surface area contributed by atoms with Crippen LogP contribution >= 0.6 is 0 Å². The van der Waals surface area contributed by atoms with E-state index in [-0.39, 0.29) is 17.5 Å². The highest BCUT2D eigenvalue weighted by Gasteiger charge is 2.74. The van der Waals surface area contributed by atoms with E-state index in [0.717, 1.165) is 12.8 Å². The molecule has 2 aliphatic carbocycles. The zero-order chi connectivity index (χ0) is 16.6. The molecule has 1 N–H and O–H groups in total. The molecule has 2 saturated heterocycles. The molecule has 5 heteroatoms. The van der Waals surface area contributed by atoms with E-state index < -0.39 is 34.7 Å². The Kier molecular flexibility index (Phi) is 3.18. The van der Waals surface area contributed by atoms with Gasteiger partial charge in [0.25, 0.3) is 0 Å². The molecular formula is C18H26O5. The highest BCUT2D eigenvalue weighted by molar-refractivity contribution is 5.96. The van der Waals surface area contributed by atoms with Crippen molar-refractivity contribution < 1.29 is 24.2 Å². The van der Waals surface area contributed by atoms with Crippen molar-refractivity contribution in [2.45, 2.75) is 70.9 Å². The van der Waals surface area contributed by atoms with Crippen molar-refractivity contribution in [3.05, 3.63) is 0 Å². The lowest BCUT2D eigenvalue weighted by molar-refractivity contribution is -0.240. The van der Waals surface area contributed by atoms with Gasteiger partial charge in [-0.1, -0.05) is 0 Å². The van der Waals surface area contributed by atoms with E-state index in [1.54, 1.807) is 6.92 Å². The van der Waals surface area contributed by atoms with Gasteiger partial charge in [-0.3, -0.25) is 9.59 Å². The normalized spacial score (nSPS) is 51.8. The van der Waals surface area contributed by atoms with Crippen LogP contribution in [-0.4, -0.2) is 41.3 Å². The molecule has 128 valence electrons. The molecular weight excluding hydrogens is 296 g/mol. The van der Waals surface area contributed by atoms with Crippen molar-refractivity contribution in [3.63, 3.8) is 0 Å². The third-order valence-electron chi connectivity index (χ3n) is 7.17. The van der Waals surface area contributed by atoms with E-state index in [9.17, 15) is 14.7 Å². The van der Waals surface area contributed by atoms with Gasteiger partial charge in [-0.2, -0.15) is 0 Å². The van der Waals surface area contributed by atoms with Crippen LogP contribution in [0.3, 0.4) is 0 Å². The number of Topliss-reactive ketones (excluding diaryl/α,β-unsaturated/α-hetero) is 2. The van der Waals surface area contributed by atoms with E-state index in [1.807, 2.05) is 13.8 Å². The Morgan fingerprint density at radius 2 is 1.96 bits per heavy atom. The summed E-state index contributed by atoms with van der Waals surface area (Å²) in [4.78, 5) is 26.0. The van der Waals surface area contributed by atoms with Crippen molar-refractivity contribution in [3.8, 4) is 0 Å². The van der Waals surface area contributed by atoms with Crippen LogP contribution in [0.25, 0.3) is 0 Å². The smallest absolute Gasteiger partial charge is 0.164 e. The van der Waals surface area contributed by atoms with E-state index >= 15 is 0 Å². The Labute approximate surface area is 136 Å². The van der Waals surface area contributed by atoms with E-state index in [4.69, 9.17) is 9.47 Å². The number of ether oxygens (including phenoxy) is 2. The van der Waals surface area contributed by atoms with Crippen molar-refractivity contribution in [1.29, 1.82) is 0 Å². The topological polar surface area (TPSA) is 72.8 Å². The maximum atomic E-state index is 13.0. The third-order valence-corrected chi connectivity index (χ3v) is 7.17. The van der Waals surface area contributed by atoms with Crippen LogP contribution in [0.5, 0.6) is 0 Å². The molecule has 4 fully saturated rings. The number of carbonyl (C=O) groups is 2. The number of hydrogen-bond donors (Lipinski definition) is 1. The highest BCUT2D eigenvalue weighted by atomic mass is 16.7. The summed E-state index contributed by atoms with van der Waals surface area (Å²) in [6.45, 7) is 6.43. The third kappa shape index (κ3) is 1.73. The minimum absolute atomic E-state index is 0.0153. The standard InChI is InChI=1S/C18H26O5/c1-16(2)11-9-13(21)17(3)12(20)6-5-10(19)14(17)18(11)7-4-8-22-15(18)23-16/h11-12,14-15,20H,4-9H2,1-3H3/t11-,12-,14-,15-,17-,18+/m0/s1. The second-order valence-corrected chi connectivity index (χ2v) is 8.56. The van der Waals surface area contributed by atoms with Crippen LogP contribution in [0.1, 0.15) is 52.9 Å². The molecule has 2 aliphatic heterocycles. The van der Waals surface area contributed by atoms with Crippen molar-refractivity contribution in [2.24, 2.45) is 22.7 Å². The Bertz CT molecular complexity index is 570. The van der Waals surface area contributed by atoms with Gasteiger partial charge < -0.3 is 14.6 Å². The maximum absolute atomic E-state index is 13.0. The first-order valence-corrected chi connectivity index (χ1v) is 8.78. The van der Waals surface area contributed by atoms with Crippen LogP contribution < -0.4 is 0 Å². The number of carbonyl (C=O) groups excluding carboxylic acids is 2. The Balaban J connectivity index is 1.92. The predicted molar refractivity (Wildman–Crippen MR) is 81.5 cm³/mol. The van der Waals surface area contributed by atoms with E-state index in [1.165, 1.54) is 0 Å². The SMILES string of the molecule is CC1(C)O[C@@H]2OCCC[C@]23[C@H]1CC(=O)[C@]1(C)[C@@H](O)CCC(=O)[C@@H]13. The maximum Gasteiger partial charge on any atom is 0.164 e. The molecule has 2 heterocycles. The summed E-state index contributed by atoms with van der Waals surface area (Å²) in [5.41, 5.74) is -1.95. The van der Waals surface area contributed by atoms with Gasteiger partial charge in [0.2, 0.25) is 0 Å². The number of ketones is 2. The average Bonchev–Trinajstić information content (AvgIpc) is 2.71. The summed E-state index contributed by atoms with van der Waals surface area (Å²) in [7, 11) is 0. The van der Waals surface area contributed by atoms with E-state index in [0.29, 0.717) is 25.9 Å². The van der Waals surface area contributed by atoms with Crippen molar-refractivity contribution in [1.82, 2.24) is 0 Å². The molecule has 0 aromatic heterocycles. The molecule has 5 nitrogen and oxygen atoms in total. The lowest BCUT2D eigenvalue weighted by atomic mass is 9.43. The van der Waals surface area contributed by atoms with Crippen LogP contribution in [0.4, 0.5) is 0 Å². The monoisotopic (exact) mass is 322 g/mol. The van der Waals surface area contributed by atoms with Crippen LogP contribution in [0.15, 0.2) is 0 Å². The van der Waals surface area contributed by atoms with Gasteiger partial charge in [-0.05, 0) is 40.0 Å². The predicted octanol–water partition coefficient (Wildman–Crippen LogP) is 1.85. The fourth-order valence-corrected chi connectivity index (χ4v) is 6.11. The highest BCUT2D eigenvalue weighted by Crippen LogP contribution is 2.67. The van der Waals surface area contributed by atoms with Gasteiger partial charge in [0.1, 0.15) is 11.6 Å². The number of aliphatic hydroxyl groups is 1. The molecule has 0 amide bonds. The van der Waals surface area contributed by atoms with Crippen LogP contribution in [0, 0.1) is 22.7 Å². The zero-order valence-corrected chi connectivity index (χ0v) is 14.1. The molecule has 0 bridgehead atoms. The minimum atomic E-state index is -0.992. The molecule has 4 aliphatic rings. The second kappa shape index (κ2) is 4.64. The first-order valence-electron chi connectivity index (χ1n) is 8.78. The quantitative estimate of drug-likeness (QED) is 0.737. The van der Waals surface area contributed by atoms with Gasteiger partial charge in [0.15, 0.2) is 6.29 Å². The van der Waals surface area contributed by atoms with Gasteiger partial charge in [0.05, 0.1) is 17.1 Å². The zero-order valence-electron chi connectivity index (χ0n) is 14.1. The van der Waals surface area contributed by atoms with Crippen LogP contribution in [-0.2, 0) is 19.1 Å². The summed E-state index contributed by atoms with van der Waals surface area (Å²) in [5.74, 6) is -0.397. The Morgan fingerprint density at radius 3 is 2.70 bits per heavy atom. The fraction of sp³-hybridized carbons (Fsp3) is 0.889. The first kappa shape index (κ1) is 15.7. The molecule has 4 rings (SSSR count). The summed E-state index contributed by atoms with van der Waals surface area (Å²) < 4.78 is 12.2. The molecule has 0 radical (unpaired) electrons. The van der Waals surface area contributed by atoms with Crippen molar-refractivity contribution in [2.75, 3.05) is 6.61 Å². The fourth-order valence-electron chi connectivity index (χ4n) is 6.11. The van der Waals surface area contributed by atoms with Gasteiger partial charge in [-0.15, -0.1) is 0 Å². The number of fused-ring (bicyclic) bond motifs is 1. The summed E-state index contributed by atoms with van der Waals surface area (Å²) in [6, 6.07) is 0.